The summed E-state index contributed by atoms with van der Waals surface area (Å²) in [6.07, 6.45) is 2.41. The maximum absolute atomic E-state index is 6.19. The summed E-state index contributed by atoms with van der Waals surface area (Å²) in [6.45, 7) is 8.27. The Morgan fingerprint density at radius 2 is 2.20 bits per heavy atom. The molecule has 1 aromatic rings. The zero-order chi connectivity index (χ0) is 14.1. The quantitative estimate of drug-likeness (QED) is 0.910. The second-order valence-corrected chi connectivity index (χ2v) is 6.67. The second kappa shape index (κ2) is 6.05. The van der Waals surface area contributed by atoms with Gasteiger partial charge in [0.25, 0.3) is 0 Å². The number of fused-ring (bicyclic) bond motifs is 1. The summed E-state index contributed by atoms with van der Waals surface area (Å²) in [5, 5.41) is 4.42. The van der Waals surface area contributed by atoms with Crippen LogP contribution in [-0.4, -0.2) is 30.6 Å². The van der Waals surface area contributed by atoms with Gasteiger partial charge in [0, 0.05) is 23.7 Å². The molecule has 0 amide bonds. The van der Waals surface area contributed by atoms with E-state index in [-0.39, 0.29) is 0 Å². The predicted molar refractivity (Wildman–Crippen MR) is 85.1 cm³/mol. The maximum atomic E-state index is 6.19. The van der Waals surface area contributed by atoms with Crippen LogP contribution in [0.2, 0.25) is 5.02 Å². The van der Waals surface area contributed by atoms with Gasteiger partial charge < -0.3 is 5.32 Å². The Kier molecular flexibility index (Phi) is 4.34. The van der Waals surface area contributed by atoms with Gasteiger partial charge in [0.1, 0.15) is 0 Å². The first kappa shape index (κ1) is 14.4. The molecule has 1 N–H and O–H groups in total. The highest BCUT2D eigenvalue weighted by atomic mass is 35.5. The molecule has 1 aromatic carbocycles. The first-order valence-electron chi connectivity index (χ1n) is 7.96. The van der Waals surface area contributed by atoms with Crippen LogP contribution in [0.3, 0.4) is 0 Å². The zero-order valence-corrected chi connectivity index (χ0v) is 13.2. The lowest BCUT2D eigenvalue weighted by Crippen LogP contribution is -2.37. The van der Waals surface area contributed by atoms with Gasteiger partial charge in [-0.15, -0.1) is 0 Å². The van der Waals surface area contributed by atoms with Crippen LogP contribution in [-0.2, 0) is 0 Å². The van der Waals surface area contributed by atoms with Crippen molar-refractivity contribution in [1.82, 2.24) is 10.2 Å². The van der Waals surface area contributed by atoms with Crippen molar-refractivity contribution in [2.45, 2.75) is 38.8 Å². The third-order valence-electron chi connectivity index (χ3n) is 5.20. The number of halogens is 1. The number of likely N-dealkylation sites (tertiary alicyclic amines) is 1. The fourth-order valence-electron chi connectivity index (χ4n) is 4.33. The highest BCUT2D eigenvalue weighted by Gasteiger charge is 2.45. The number of benzene rings is 1. The third-order valence-corrected chi connectivity index (χ3v) is 5.43. The summed E-state index contributed by atoms with van der Waals surface area (Å²) < 4.78 is 0. The van der Waals surface area contributed by atoms with Gasteiger partial charge in [-0.25, -0.2) is 0 Å². The van der Waals surface area contributed by atoms with E-state index in [4.69, 9.17) is 11.6 Å². The van der Waals surface area contributed by atoms with Gasteiger partial charge in [-0.3, -0.25) is 4.90 Å². The molecule has 2 heterocycles. The molecule has 2 aliphatic heterocycles. The molecule has 3 heteroatoms. The van der Waals surface area contributed by atoms with E-state index in [1.807, 2.05) is 6.07 Å². The number of hydrogen-bond acceptors (Lipinski definition) is 2. The van der Waals surface area contributed by atoms with E-state index in [9.17, 15) is 0 Å². The monoisotopic (exact) mass is 292 g/mol. The average molecular weight is 293 g/mol. The van der Waals surface area contributed by atoms with Crippen LogP contribution < -0.4 is 5.32 Å². The summed E-state index contributed by atoms with van der Waals surface area (Å²) in [4.78, 5) is 2.75. The van der Waals surface area contributed by atoms with Crippen molar-refractivity contribution in [3.63, 3.8) is 0 Å². The molecule has 3 rings (SSSR count). The largest absolute Gasteiger partial charge is 0.316 e. The lowest BCUT2D eigenvalue weighted by molar-refractivity contribution is 0.150. The molecule has 20 heavy (non-hydrogen) atoms. The predicted octanol–water partition coefficient (Wildman–Crippen LogP) is 3.72. The molecule has 0 spiro atoms. The zero-order valence-electron chi connectivity index (χ0n) is 12.5. The van der Waals surface area contributed by atoms with Gasteiger partial charge in [-0.2, -0.15) is 0 Å². The van der Waals surface area contributed by atoms with E-state index in [1.165, 1.54) is 31.6 Å². The molecule has 2 saturated heterocycles. The molecule has 0 radical (unpaired) electrons. The van der Waals surface area contributed by atoms with Crippen molar-refractivity contribution in [2.75, 3.05) is 19.6 Å². The SMILES string of the molecule is CCC(c1cccc(Cl)c1)N1CC2CNCC2C1CC. The first-order valence-corrected chi connectivity index (χ1v) is 8.34. The number of hydrogen-bond donors (Lipinski definition) is 1. The molecule has 2 aliphatic rings. The van der Waals surface area contributed by atoms with Crippen LogP contribution in [0, 0.1) is 11.8 Å². The fraction of sp³-hybridized carbons (Fsp3) is 0.647. The van der Waals surface area contributed by atoms with Crippen molar-refractivity contribution in [1.29, 1.82) is 0 Å². The summed E-state index contributed by atoms with van der Waals surface area (Å²) in [5.41, 5.74) is 1.38. The number of rotatable bonds is 4. The third kappa shape index (κ3) is 2.49. The average Bonchev–Trinajstić information content (AvgIpc) is 3.00. The van der Waals surface area contributed by atoms with Gasteiger partial charge in [0.05, 0.1) is 0 Å². The topological polar surface area (TPSA) is 15.3 Å². The lowest BCUT2D eigenvalue weighted by atomic mass is 9.92. The standard InChI is InChI=1S/C17H25ClN2/c1-3-16(12-6-5-7-14(18)8-12)20-11-13-9-19-10-15(13)17(20)4-2/h5-8,13,15-17,19H,3-4,9-11H2,1-2H3. The number of nitrogens with zero attached hydrogens (tertiary/aromatic N) is 1. The normalized spacial score (nSPS) is 31.4. The van der Waals surface area contributed by atoms with Crippen molar-refractivity contribution < 1.29 is 0 Å². The van der Waals surface area contributed by atoms with Crippen LogP contribution in [0.4, 0.5) is 0 Å². The molecule has 4 unspecified atom stereocenters. The van der Waals surface area contributed by atoms with Gasteiger partial charge in [-0.05, 0) is 55.5 Å². The van der Waals surface area contributed by atoms with E-state index in [2.05, 4.69) is 42.3 Å². The number of nitrogens with one attached hydrogen (secondary N) is 1. The smallest absolute Gasteiger partial charge is 0.0409 e. The molecular weight excluding hydrogens is 268 g/mol. The Hall–Kier alpha value is -0.570. The molecule has 0 saturated carbocycles. The minimum Gasteiger partial charge on any atom is -0.316 e. The Morgan fingerprint density at radius 3 is 2.90 bits per heavy atom. The molecular formula is C17H25ClN2. The maximum Gasteiger partial charge on any atom is 0.0409 e. The lowest BCUT2D eigenvalue weighted by Gasteiger charge is -2.34. The van der Waals surface area contributed by atoms with Gasteiger partial charge in [-0.1, -0.05) is 37.6 Å². The Labute approximate surface area is 127 Å². The Bertz CT molecular complexity index is 462. The van der Waals surface area contributed by atoms with E-state index in [0.29, 0.717) is 6.04 Å². The van der Waals surface area contributed by atoms with Crippen molar-refractivity contribution in [3.05, 3.63) is 34.9 Å². The van der Waals surface area contributed by atoms with E-state index in [0.717, 1.165) is 29.3 Å². The minimum absolute atomic E-state index is 0.518. The molecule has 2 fully saturated rings. The van der Waals surface area contributed by atoms with E-state index < -0.39 is 0 Å². The fourth-order valence-corrected chi connectivity index (χ4v) is 4.53. The van der Waals surface area contributed by atoms with Crippen LogP contribution in [0.5, 0.6) is 0 Å². The minimum atomic E-state index is 0.518. The highest BCUT2D eigenvalue weighted by Crippen LogP contribution is 2.40. The van der Waals surface area contributed by atoms with Crippen molar-refractivity contribution in [2.24, 2.45) is 11.8 Å². The van der Waals surface area contributed by atoms with Crippen LogP contribution in [0.15, 0.2) is 24.3 Å². The van der Waals surface area contributed by atoms with E-state index >= 15 is 0 Å². The molecule has 4 atom stereocenters. The summed E-state index contributed by atoms with van der Waals surface area (Å²) in [6, 6.07) is 9.67. The first-order chi connectivity index (χ1) is 9.74. The molecule has 110 valence electrons. The summed E-state index contributed by atoms with van der Waals surface area (Å²) in [5.74, 6) is 1.68. The van der Waals surface area contributed by atoms with Crippen molar-refractivity contribution >= 4 is 11.6 Å². The molecule has 0 bridgehead atoms. The van der Waals surface area contributed by atoms with E-state index in [1.54, 1.807) is 0 Å². The molecule has 0 aromatic heterocycles. The van der Waals surface area contributed by atoms with Crippen molar-refractivity contribution in [3.8, 4) is 0 Å². The second-order valence-electron chi connectivity index (χ2n) is 6.23. The van der Waals surface area contributed by atoms with Crippen LogP contribution in [0.1, 0.15) is 38.3 Å². The summed E-state index contributed by atoms with van der Waals surface area (Å²) >= 11 is 6.19. The summed E-state index contributed by atoms with van der Waals surface area (Å²) in [7, 11) is 0. The Morgan fingerprint density at radius 1 is 1.35 bits per heavy atom. The molecule has 0 aliphatic carbocycles. The Balaban J connectivity index is 1.85. The highest BCUT2D eigenvalue weighted by molar-refractivity contribution is 6.30. The van der Waals surface area contributed by atoms with Crippen LogP contribution in [0.25, 0.3) is 0 Å². The van der Waals surface area contributed by atoms with Gasteiger partial charge >= 0.3 is 0 Å². The molecule has 2 nitrogen and oxygen atoms in total. The van der Waals surface area contributed by atoms with Gasteiger partial charge in [0.15, 0.2) is 0 Å². The van der Waals surface area contributed by atoms with Gasteiger partial charge in [0.2, 0.25) is 0 Å². The van der Waals surface area contributed by atoms with Crippen LogP contribution >= 0.6 is 11.6 Å².